The van der Waals surface area contributed by atoms with E-state index in [4.69, 9.17) is 0 Å². The molecule has 1 heteroatoms. The zero-order chi connectivity index (χ0) is 15.3. The fraction of sp³-hybridized carbons (Fsp3) is 0.650. The summed E-state index contributed by atoms with van der Waals surface area (Å²) >= 11 is 0. The van der Waals surface area contributed by atoms with Crippen molar-refractivity contribution < 1.29 is 17.0 Å². The first-order valence-electron chi connectivity index (χ1n) is 7.90. The van der Waals surface area contributed by atoms with E-state index < -0.39 is 0 Å². The Bertz CT molecular complexity index is 439. The Balaban J connectivity index is 0.00000220. The van der Waals surface area contributed by atoms with E-state index in [0.29, 0.717) is 16.7 Å². The van der Waals surface area contributed by atoms with Crippen LogP contribution in [0.4, 0.5) is 0 Å². The number of rotatable bonds is 2. The monoisotopic (exact) mass is 350 g/mol. The highest BCUT2D eigenvalue weighted by molar-refractivity contribution is 5.39. The van der Waals surface area contributed by atoms with Crippen LogP contribution in [0.15, 0.2) is 30.3 Å². The minimum atomic E-state index is 0. The second kappa shape index (κ2) is 5.65. The Labute approximate surface area is 142 Å². The predicted octanol–water partition coefficient (Wildman–Crippen LogP) is 2.88. The van der Waals surface area contributed by atoms with Crippen LogP contribution in [0.5, 0.6) is 0 Å². The molecule has 0 amide bonds. The lowest BCUT2D eigenvalue weighted by Gasteiger charge is -2.23. The summed E-state index contributed by atoms with van der Waals surface area (Å²) in [5.74, 6) is 3.20. The number of halogens is 1. The van der Waals surface area contributed by atoms with Gasteiger partial charge in [0.05, 0.1) is 0 Å². The molecule has 2 unspecified atom stereocenters. The first-order chi connectivity index (χ1) is 8.97. The molecule has 0 aromatic heterocycles. The van der Waals surface area contributed by atoms with Gasteiger partial charge in [0.1, 0.15) is 17.3 Å². The zero-order valence-electron chi connectivity index (χ0n) is 14.9. The lowest BCUT2D eigenvalue weighted by molar-refractivity contribution is -0.00000540. The summed E-state index contributed by atoms with van der Waals surface area (Å²) in [6, 6.07) is 11.0. The summed E-state index contributed by atoms with van der Waals surface area (Å²) < 4.78 is 0. The average molecular weight is 351 g/mol. The van der Waals surface area contributed by atoms with E-state index in [1.165, 1.54) is 5.56 Å². The Kier molecular flexibility index (Phi) is 5.01. The van der Waals surface area contributed by atoms with Crippen LogP contribution in [-0.2, 0) is 5.41 Å². The number of hydrogen-bond donors (Lipinski definition) is 0. The Morgan fingerprint density at radius 3 is 1.57 bits per heavy atom. The fourth-order valence-electron chi connectivity index (χ4n) is 4.02. The largest absolute Gasteiger partial charge is 1.00 e. The highest BCUT2D eigenvalue weighted by atomic mass is 79.9. The van der Waals surface area contributed by atoms with Crippen molar-refractivity contribution >= 4 is 0 Å². The van der Waals surface area contributed by atoms with Crippen LogP contribution in [-0.4, -0.2) is 0 Å². The summed E-state index contributed by atoms with van der Waals surface area (Å²) in [5.41, 5.74) is 2.37. The maximum atomic E-state index is 2.42. The van der Waals surface area contributed by atoms with Gasteiger partial charge in [0.25, 0.3) is 0 Å². The van der Waals surface area contributed by atoms with Crippen molar-refractivity contribution in [2.45, 2.75) is 60.8 Å². The van der Waals surface area contributed by atoms with Gasteiger partial charge in [0.2, 0.25) is 0 Å². The highest BCUT2D eigenvalue weighted by Gasteiger charge is 2.77. The third kappa shape index (κ3) is 3.50. The third-order valence-electron chi connectivity index (χ3n) is 4.99. The summed E-state index contributed by atoms with van der Waals surface area (Å²) in [6.07, 6.45) is 0. The van der Waals surface area contributed by atoms with Gasteiger partial charge in [-0.05, 0) is 26.3 Å². The zero-order valence-corrected chi connectivity index (χ0v) is 16.5. The van der Waals surface area contributed by atoms with Crippen LogP contribution in [0.25, 0.3) is 0 Å². The van der Waals surface area contributed by atoms with E-state index in [0.717, 1.165) is 5.92 Å². The van der Waals surface area contributed by atoms with E-state index in [1.54, 1.807) is 5.92 Å². The molecule has 0 N–H and O–H groups in total. The van der Waals surface area contributed by atoms with Crippen molar-refractivity contribution in [3.05, 3.63) is 41.8 Å². The summed E-state index contributed by atoms with van der Waals surface area (Å²) in [7, 11) is 0. The van der Waals surface area contributed by atoms with Gasteiger partial charge in [0.15, 0.2) is 5.92 Å². The normalized spacial score (nSPS) is 22.8. The van der Waals surface area contributed by atoms with Gasteiger partial charge in [0, 0.05) is 10.8 Å². The average Bonchev–Trinajstić information content (AvgIpc) is 3.05. The Hall–Kier alpha value is -0.430. The molecule has 0 nitrogen and oxygen atoms in total. The van der Waals surface area contributed by atoms with Gasteiger partial charge >= 0.3 is 0 Å². The second-order valence-corrected chi connectivity index (χ2v) is 9.11. The van der Waals surface area contributed by atoms with E-state index >= 15 is 0 Å². The van der Waals surface area contributed by atoms with Crippen molar-refractivity contribution in [3.63, 3.8) is 0 Å². The molecule has 1 aromatic rings. The molecular weight excluding hydrogens is 320 g/mol. The molecule has 1 saturated carbocycles. The first-order valence-corrected chi connectivity index (χ1v) is 7.90. The van der Waals surface area contributed by atoms with E-state index in [2.05, 4.69) is 85.7 Å². The minimum absolute atomic E-state index is 0. The minimum Gasteiger partial charge on any atom is -1.00 e. The summed E-state index contributed by atoms with van der Waals surface area (Å²) in [4.78, 5) is 0. The molecule has 0 radical (unpaired) electrons. The quantitative estimate of drug-likeness (QED) is 0.719. The van der Waals surface area contributed by atoms with Gasteiger partial charge in [-0.1, -0.05) is 65.0 Å². The fourth-order valence-corrected chi connectivity index (χ4v) is 4.02. The van der Waals surface area contributed by atoms with Gasteiger partial charge < -0.3 is 17.0 Å². The van der Waals surface area contributed by atoms with Gasteiger partial charge in [-0.2, -0.15) is 0 Å². The van der Waals surface area contributed by atoms with Crippen LogP contribution in [0, 0.1) is 28.6 Å². The maximum Gasteiger partial charge on any atom is 0.154 e. The molecule has 1 aliphatic rings. The van der Waals surface area contributed by atoms with E-state index in [-0.39, 0.29) is 22.4 Å². The molecule has 0 spiro atoms. The number of hydrogen-bond acceptors (Lipinski definition) is 0. The molecule has 0 saturated heterocycles. The smallest absolute Gasteiger partial charge is 0.154 e. The molecule has 2 rings (SSSR count). The first kappa shape index (κ1) is 18.6. The van der Waals surface area contributed by atoms with Crippen LogP contribution < -0.4 is 17.0 Å². The molecule has 2 atom stereocenters. The maximum absolute atomic E-state index is 2.42. The predicted molar refractivity (Wildman–Crippen MR) is 88.6 cm³/mol. The third-order valence-corrected chi connectivity index (χ3v) is 4.99. The standard InChI is InChI=1S/C20H31.BrH/c1-18(2,3)15-16(19(4,5)6)17(15)20(7,8)14-12-10-9-11-13-14;/h9-13,15,17H,1-8H3;1H/q+1;/p-1. The molecular formula is C20H31Br. The second-order valence-electron chi connectivity index (χ2n) is 9.11. The molecule has 1 aliphatic carbocycles. The molecule has 1 aromatic carbocycles. The van der Waals surface area contributed by atoms with Crippen molar-refractivity contribution in [2.75, 3.05) is 0 Å². The van der Waals surface area contributed by atoms with Crippen molar-refractivity contribution in [1.29, 1.82) is 0 Å². The van der Waals surface area contributed by atoms with Crippen LogP contribution in [0.1, 0.15) is 61.0 Å². The molecule has 1 fully saturated rings. The molecule has 0 heterocycles. The molecule has 21 heavy (non-hydrogen) atoms. The SMILES string of the molecule is CC(C)(C)[C+]1C(C(C)(C)C)C1C(C)(C)c1ccccc1.[Br-]. The molecule has 118 valence electrons. The Morgan fingerprint density at radius 1 is 0.762 bits per heavy atom. The number of benzene rings is 1. The highest BCUT2D eigenvalue weighted by Crippen LogP contribution is 2.70. The van der Waals surface area contributed by atoms with Gasteiger partial charge in [-0.3, -0.25) is 0 Å². The summed E-state index contributed by atoms with van der Waals surface area (Å²) in [6.45, 7) is 19.2. The molecule has 0 aliphatic heterocycles. The summed E-state index contributed by atoms with van der Waals surface area (Å²) in [5, 5.41) is 0. The van der Waals surface area contributed by atoms with Crippen molar-refractivity contribution in [1.82, 2.24) is 0 Å². The van der Waals surface area contributed by atoms with E-state index in [1.807, 2.05) is 0 Å². The van der Waals surface area contributed by atoms with Crippen LogP contribution in [0.2, 0.25) is 0 Å². The lowest BCUT2D eigenvalue weighted by Crippen LogP contribution is -3.00. The van der Waals surface area contributed by atoms with Gasteiger partial charge in [-0.15, -0.1) is 0 Å². The molecule has 0 bridgehead atoms. The van der Waals surface area contributed by atoms with Crippen LogP contribution in [0.3, 0.4) is 0 Å². The van der Waals surface area contributed by atoms with Gasteiger partial charge in [-0.25, -0.2) is 0 Å². The lowest BCUT2D eigenvalue weighted by atomic mass is 9.75. The van der Waals surface area contributed by atoms with E-state index in [9.17, 15) is 0 Å². The van der Waals surface area contributed by atoms with Crippen molar-refractivity contribution in [2.24, 2.45) is 22.7 Å². The Morgan fingerprint density at radius 2 is 1.24 bits per heavy atom. The van der Waals surface area contributed by atoms with Crippen molar-refractivity contribution in [3.8, 4) is 0 Å². The van der Waals surface area contributed by atoms with Crippen LogP contribution >= 0.6 is 0 Å². The topological polar surface area (TPSA) is 0 Å².